The number of hydrogen-bond donors (Lipinski definition) is 1. The first-order valence-electron chi connectivity index (χ1n) is 8.76. The molecule has 1 amide bonds. The number of methoxy groups -OCH3 is 2. The summed E-state index contributed by atoms with van der Waals surface area (Å²) in [6.45, 7) is 3.97. The van der Waals surface area contributed by atoms with Gasteiger partial charge in [-0.1, -0.05) is 0 Å². The van der Waals surface area contributed by atoms with Crippen molar-refractivity contribution >= 4 is 22.9 Å². The lowest BCUT2D eigenvalue weighted by Crippen LogP contribution is -2.13. The Bertz CT molecular complexity index is 951. The van der Waals surface area contributed by atoms with Crippen molar-refractivity contribution in [3.8, 4) is 27.8 Å². The molecule has 3 rings (SSSR count). The van der Waals surface area contributed by atoms with E-state index in [9.17, 15) is 4.79 Å². The zero-order chi connectivity index (χ0) is 20.1. The molecule has 2 aromatic carbocycles. The van der Waals surface area contributed by atoms with Crippen molar-refractivity contribution in [1.82, 2.24) is 4.98 Å². The molecule has 146 valence electrons. The summed E-state index contributed by atoms with van der Waals surface area (Å²) >= 11 is 1.41. The summed E-state index contributed by atoms with van der Waals surface area (Å²) in [5.41, 5.74) is 1.83. The van der Waals surface area contributed by atoms with E-state index in [-0.39, 0.29) is 12.0 Å². The summed E-state index contributed by atoms with van der Waals surface area (Å²) < 4.78 is 16.1. The van der Waals surface area contributed by atoms with Crippen molar-refractivity contribution < 1.29 is 19.0 Å². The smallest absolute Gasteiger partial charge is 0.275 e. The van der Waals surface area contributed by atoms with Crippen LogP contribution in [0, 0.1) is 0 Å². The van der Waals surface area contributed by atoms with Gasteiger partial charge in [-0.2, -0.15) is 0 Å². The van der Waals surface area contributed by atoms with Crippen LogP contribution in [0.25, 0.3) is 10.6 Å². The standard InChI is InChI=1S/C21H22N2O4S/c1-13(2)27-15-7-5-14(6-8-15)21-23-18(12-28-21)20(24)22-17-10-9-16(25-3)11-19(17)26-4/h5-13H,1-4H3,(H,22,24). The quantitative estimate of drug-likeness (QED) is 0.615. The second-order valence-electron chi connectivity index (χ2n) is 6.25. The summed E-state index contributed by atoms with van der Waals surface area (Å²) in [6.07, 6.45) is 0.121. The molecule has 1 aromatic heterocycles. The Labute approximate surface area is 168 Å². The van der Waals surface area contributed by atoms with Crippen molar-refractivity contribution in [2.24, 2.45) is 0 Å². The zero-order valence-corrected chi connectivity index (χ0v) is 17.0. The third kappa shape index (κ3) is 4.61. The van der Waals surface area contributed by atoms with Crippen LogP contribution in [0.5, 0.6) is 17.2 Å². The molecule has 6 nitrogen and oxygen atoms in total. The number of ether oxygens (including phenoxy) is 3. The van der Waals surface area contributed by atoms with Gasteiger partial charge in [0, 0.05) is 17.0 Å². The first-order chi connectivity index (χ1) is 13.5. The number of carbonyl (C=O) groups is 1. The number of rotatable bonds is 7. The number of aromatic nitrogens is 1. The van der Waals surface area contributed by atoms with Crippen molar-refractivity contribution in [2.45, 2.75) is 20.0 Å². The van der Waals surface area contributed by atoms with Gasteiger partial charge in [-0.15, -0.1) is 11.3 Å². The van der Waals surface area contributed by atoms with E-state index < -0.39 is 0 Å². The van der Waals surface area contributed by atoms with Gasteiger partial charge in [0.25, 0.3) is 5.91 Å². The van der Waals surface area contributed by atoms with Crippen LogP contribution in [0.3, 0.4) is 0 Å². The molecule has 0 unspecified atom stereocenters. The number of nitrogens with one attached hydrogen (secondary N) is 1. The van der Waals surface area contributed by atoms with E-state index in [4.69, 9.17) is 14.2 Å². The van der Waals surface area contributed by atoms with Crippen molar-refractivity contribution in [3.63, 3.8) is 0 Å². The largest absolute Gasteiger partial charge is 0.497 e. The molecule has 0 fully saturated rings. The Morgan fingerprint density at radius 1 is 1.04 bits per heavy atom. The van der Waals surface area contributed by atoms with E-state index in [0.29, 0.717) is 22.9 Å². The Morgan fingerprint density at radius 3 is 2.39 bits per heavy atom. The Kier molecular flexibility index (Phi) is 6.16. The van der Waals surface area contributed by atoms with Gasteiger partial charge in [0.1, 0.15) is 28.0 Å². The lowest BCUT2D eigenvalue weighted by molar-refractivity contribution is 0.102. The first-order valence-corrected chi connectivity index (χ1v) is 9.64. The Morgan fingerprint density at radius 2 is 1.75 bits per heavy atom. The Balaban J connectivity index is 1.74. The molecule has 0 radical (unpaired) electrons. The highest BCUT2D eigenvalue weighted by Gasteiger charge is 2.15. The Hall–Kier alpha value is -3.06. The average Bonchev–Trinajstić information content (AvgIpc) is 3.18. The molecule has 0 saturated heterocycles. The normalized spacial score (nSPS) is 10.6. The monoisotopic (exact) mass is 398 g/mol. The molecule has 3 aromatic rings. The SMILES string of the molecule is COc1ccc(NC(=O)c2csc(-c3ccc(OC(C)C)cc3)n2)c(OC)c1. The van der Waals surface area contributed by atoms with E-state index in [1.807, 2.05) is 38.1 Å². The van der Waals surface area contributed by atoms with Crippen molar-refractivity contribution in [2.75, 3.05) is 19.5 Å². The molecule has 0 bridgehead atoms. The lowest BCUT2D eigenvalue weighted by Gasteiger charge is -2.10. The molecule has 0 aliphatic carbocycles. The fourth-order valence-electron chi connectivity index (χ4n) is 2.55. The maximum atomic E-state index is 12.6. The van der Waals surface area contributed by atoms with Gasteiger partial charge in [-0.3, -0.25) is 4.79 Å². The molecule has 7 heteroatoms. The summed E-state index contributed by atoms with van der Waals surface area (Å²) in [4.78, 5) is 17.0. The average molecular weight is 398 g/mol. The van der Waals surface area contributed by atoms with E-state index in [2.05, 4.69) is 10.3 Å². The molecule has 0 aliphatic rings. The minimum absolute atomic E-state index is 0.121. The number of carbonyl (C=O) groups excluding carboxylic acids is 1. The summed E-state index contributed by atoms with van der Waals surface area (Å²) in [6, 6.07) is 12.9. The predicted octanol–water partition coefficient (Wildman–Crippen LogP) is 4.87. The number of benzene rings is 2. The summed E-state index contributed by atoms with van der Waals surface area (Å²) in [5, 5.41) is 5.33. The molecular formula is C21H22N2O4S. The second kappa shape index (κ2) is 8.75. The third-order valence-electron chi connectivity index (χ3n) is 3.87. The van der Waals surface area contributed by atoms with E-state index >= 15 is 0 Å². The third-order valence-corrected chi connectivity index (χ3v) is 4.76. The van der Waals surface area contributed by atoms with Crippen LogP contribution >= 0.6 is 11.3 Å². The maximum Gasteiger partial charge on any atom is 0.275 e. The zero-order valence-electron chi connectivity index (χ0n) is 16.2. The van der Waals surface area contributed by atoms with Crippen LogP contribution in [0.1, 0.15) is 24.3 Å². The number of nitrogens with zero attached hydrogens (tertiary/aromatic N) is 1. The molecule has 0 saturated carbocycles. The second-order valence-corrected chi connectivity index (χ2v) is 7.11. The highest BCUT2D eigenvalue weighted by molar-refractivity contribution is 7.13. The highest BCUT2D eigenvalue weighted by Crippen LogP contribution is 2.30. The van der Waals surface area contributed by atoms with Gasteiger partial charge in [-0.25, -0.2) is 4.98 Å². The van der Waals surface area contributed by atoms with Crippen LogP contribution in [-0.4, -0.2) is 31.2 Å². The summed E-state index contributed by atoms with van der Waals surface area (Å²) in [5.74, 6) is 1.67. The topological polar surface area (TPSA) is 69.7 Å². The predicted molar refractivity (Wildman–Crippen MR) is 111 cm³/mol. The molecule has 0 atom stereocenters. The molecule has 1 N–H and O–H groups in total. The van der Waals surface area contributed by atoms with Crippen LogP contribution in [0.15, 0.2) is 47.8 Å². The van der Waals surface area contributed by atoms with Gasteiger partial charge in [0.05, 0.1) is 26.0 Å². The highest BCUT2D eigenvalue weighted by atomic mass is 32.1. The molecular weight excluding hydrogens is 376 g/mol. The number of hydrogen-bond acceptors (Lipinski definition) is 6. The van der Waals surface area contributed by atoms with Gasteiger partial charge in [0.15, 0.2) is 0 Å². The fourth-order valence-corrected chi connectivity index (χ4v) is 3.35. The molecule has 1 heterocycles. The molecule has 0 aliphatic heterocycles. The number of amides is 1. The minimum atomic E-state index is -0.300. The van der Waals surface area contributed by atoms with Crippen LogP contribution in [0.4, 0.5) is 5.69 Å². The van der Waals surface area contributed by atoms with Gasteiger partial charge < -0.3 is 19.5 Å². The van der Waals surface area contributed by atoms with Crippen LogP contribution in [0.2, 0.25) is 0 Å². The fraction of sp³-hybridized carbons (Fsp3) is 0.238. The van der Waals surface area contributed by atoms with E-state index in [1.54, 1.807) is 30.7 Å². The summed E-state index contributed by atoms with van der Waals surface area (Å²) in [7, 11) is 3.11. The van der Waals surface area contributed by atoms with Gasteiger partial charge in [-0.05, 0) is 50.2 Å². The van der Waals surface area contributed by atoms with Crippen LogP contribution in [-0.2, 0) is 0 Å². The minimum Gasteiger partial charge on any atom is -0.497 e. The van der Waals surface area contributed by atoms with Crippen molar-refractivity contribution in [1.29, 1.82) is 0 Å². The van der Waals surface area contributed by atoms with Crippen LogP contribution < -0.4 is 19.5 Å². The molecule has 28 heavy (non-hydrogen) atoms. The number of anilines is 1. The maximum absolute atomic E-state index is 12.6. The lowest BCUT2D eigenvalue weighted by atomic mass is 10.2. The first kappa shape index (κ1) is 19.7. The van der Waals surface area contributed by atoms with E-state index in [1.165, 1.54) is 18.4 Å². The van der Waals surface area contributed by atoms with E-state index in [0.717, 1.165) is 16.3 Å². The molecule has 0 spiro atoms. The number of thiazole rings is 1. The van der Waals surface area contributed by atoms with Gasteiger partial charge >= 0.3 is 0 Å². The van der Waals surface area contributed by atoms with Gasteiger partial charge in [0.2, 0.25) is 0 Å². The van der Waals surface area contributed by atoms with Crippen molar-refractivity contribution in [3.05, 3.63) is 53.5 Å².